The molecule has 3 rings (SSSR count). The van der Waals surface area contributed by atoms with Gasteiger partial charge in [0.25, 0.3) is 17.4 Å². The Bertz CT molecular complexity index is 1040. The van der Waals surface area contributed by atoms with Crippen molar-refractivity contribution in [3.05, 3.63) is 63.3 Å². The van der Waals surface area contributed by atoms with E-state index in [4.69, 9.17) is 0 Å². The third-order valence-corrected chi connectivity index (χ3v) is 4.78. The summed E-state index contributed by atoms with van der Waals surface area (Å²) in [6.07, 6.45) is 2.02. The van der Waals surface area contributed by atoms with Crippen LogP contribution >= 0.6 is 11.3 Å². The number of halogens is 1. The van der Waals surface area contributed by atoms with Gasteiger partial charge in [-0.15, -0.1) is 11.3 Å². The fourth-order valence-electron chi connectivity index (χ4n) is 2.29. The van der Waals surface area contributed by atoms with Crippen LogP contribution in [0.1, 0.15) is 22.2 Å². The monoisotopic (exact) mass is 374 g/mol. The molecular formula is C17H15FN4O3S. The summed E-state index contributed by atoms with van der Waals surface area (Å²) in [7, 11) is 0. The van der Waals surface area contributed by atoms with Gasteiger partial charge in [-0.25, -0.2) is 14.1 Å². The predicted octanol–water partition coefficient (Wildman–Crippen LogP) is 1.66. The molecule has 7 nitrogen and oxygen atoms in total. The fourth-order valence-corrected chi connectivity index (χ4v) is 3.22. The molecule has 3 aromatic rings. The van der Waals surface area contributed by atoms with E-state index in [-0.39, 0.29) is 12.1 Å². The molecular weight excluding hydrogens is 359 g/mol. The molecule has 9 heteroatoms. The number of carbonyl (C=O) groups excluding carboxylic acids is 2. The summed E-state index contributed by atoms with van der Waals surface area (Å²) in [5.41, 5.74) is 2.07. The molecule has 0 aliphatic rings. The molecule has 0 saturated carbocycles. The molecule has 0 bridgehead atoms. The van der Waals surface area contributed by atoms with Gasteiger partial charge in [0.05, 0.1) is 11.9 Å². The number of amides is 2. The molecule has 0 radical (unpaired) electrons. The number of thiophene rings is 1. The summed E-state index contributed by atoms with van der Waals surface area (Å²) in [5.74, 6) is -1.75. The van der Waals surface area contributed by atoms with Crippen LogP contribution in [0.2, 0.25) is 0 Å². The van der Waals surface area contributed by atoms with E-state index < -0.39 is 23.2 Å². The minimum atomic E-state index is -0.607. The molecule has 0 aliphatic carbocycles. The molecule has 2 amide bonds. The topological polar surface area (TPSA) is 93.1 Å². The first-order valence-corrected chi connectivity index (χ1v) is 8.63. The maximum Gasteiger partial charge on any atom is 0.280 e. The third-order valence-electron chi connectivity index (χ3n) is 3.59. The Labute approximate surface area is 151 Å². The van der Waals surface area contributed by atoms with Crippen LogP contribution in [0.4, 0.5) is 4.39 Å². The maximum atomic E-state index is 13.1. The average Bonchev–Trinajstić information content (AvgIpc) is 3.06. The van der Waals surface area contributed by atoms with Crippen molar-refractivity contribution in [1.29, 1.82) is 0 Å². The highest BCUT2D eigenvalue weighted by Gasteiger charge is 2.12. The van der Waals surface area contributed by atoms with E-state index in [2.05, 4.69) is 15.7 Å². The predicted molar refractivity (Wildman–Crippen MR) is 96.4 cm³/mol. The number of aryl methyl sites for hydroxylation is 1. The smallest absolute Gasteiger partial charge is 0.280 e. The van der Waals surface area contributed by atoms with Gasteiger partial charge in [0.2, 0.25) is 0 Å². The van der Waals surface area contributed by atoms with E-state index in [1.54, 1.807) is 6.07 Å². The quantitative estimate of drug-likeness (QED) is 0.710. The van der Waals surface area contributed by atoms with Gasteiger partial charge in [-0.2, -0.15) is 0 Å². The fraction of sp³-hybridized carbons (Fsp3) is 0.176. The van der Waals surface area contributed by atoms with Crippen molar-refractivity contribution in [3.8, 4) is 0 Å². The minimum Gasteiger partial charge on any atom is -0.343 e. The SMILES string of the molecule is CCc1cc2c(=O)n(NC(=O)CNC(=O)c3cccc(F)c3)cnc2s1. The van der Waals surface area contributed by atoms with Crippen LogP contribution in [0.3, 0.4) is 0 Å². The second-order valence-electron chi connectivity index (χ2n) is 5.43. The van der Waals surface area contributed by atoms with Gasteiger partial charge >= 0.3 is 0 Å². The number of hydrogen-bond acceptors (Lipinski definition) is 5. The normalized spacial score (nSPS) is 10.7. The van der Waals surface area contributed by atoms with E-state index in [0.29, 0.717) is 10.2 Å². The van der Waals surface area contributed by atoms with Crippen LogP contribution in [-0.4, -0.2) is 28.0 Å². The molecule has 0 atom stereocenters. The lowest BCUT2D eigenvalue weighted by Crippen LogP contribution is -2.39. The van der Waals surface area contributed by atoms with Crippen molar-refractivity contribution in [1.82, 2.24) is 15.0 Å². The van der Waals surface area contributed by atoms with E-state index in [1.807, 2.05) is 6.92 Å². The molecule has 2 heterocycles. The van der Waals surface area contributed by atoms with Gasteiger partial charge in [-0.05, 0) is 30.7 Å². The van der Waals surface area contributed by atoms with E-state index in [0.717, 1.165) is 22.0 Å². The number of nitrogens with one attached hydrogen (secondary N) is 2. The van der Waals surface area contributed by atoms with Crippen LogP contribution in [0.5, 0.6) is 0 Å². The third kappa shape index (κ3) is 3.77. The molecule has 0 saturated heterocycles. The van der Waals surface area contributed by atoms with Crippen LogP contribution in [-0.2, 0) is 11.2 Å². The van der Waals surface area contributed by atoms with Crippen molar-refractivity contribution >= 4 is 33.4 Å². The summed E-state index contributed by atoms with van der Waals surface area (Å²) in [4.78, 5) is 42.0. The lowest BCUT2D eigenvalue weighted by molar-refractivity contribution is -0.116. The summed E-state index contributed by atoms with van der Waals surface area (Å²) in [6, 6.07) is 6.87. The number of carbonyl (C=O) groups is 2. The molecule has 26 heavy (non-hydrogen) atoms. The molecule has 134 valence electrons. The standard InChI is InChI=1S/C17H15FN4O3S/c1-2-12-7-13-16(26-12)20-9-22(17(13)25)21-14(23)8-19-15(24)10-4-3-5-11(18)6-10/h3-7,9H,2,8H2,1H3,(H,19,24)(H,21,23). The Kier molecular flexibility index (Phi) is 5.08. The van der Waals surface area contributed by atoms with Gasteiger partial charge in [0.15, 0.2) is 0 Å². The highest BCUT2D eigenvalue weighted by atomic mass is 32.1. The molecule has 0 fully saturated rings. The zero-order valence-electron chi connectivity index (χ0n) is 13.8. The number of nitrogens with zero attached hydrogens (tertiary/aromatic N) is 2. The van der Waals surface area contributed by atoms with Gasteiger partial charge < -0.3 is 5.32 Å². The largest absolute Gasteiger partial charge is 0.343 e. The van der Waals surface area contributed by atoms with Crippen molar-refractivity contribution in [2.45, 2.75) is 13.3 Å². The van der Waals surface area contributed by atoms with Gasteiger partial charge in [0, 0.05) is 10.4 Å². The van der Waals surface area contributed by atoms with Crippen molar-refractivity contribution in [2.24, 2.45) is 0 Å². The first-order chi connectivity index (χ1) is 12.5. The van der Waals surface area contributed by atoms with Crippen molar-refractivity contribution < 1.29 is 14.0 Å². The summed E-state index contributed by atoms with van der Waals surface area (Å²) < 4.78 is 14.1. The zero-order chi connectivity index (χ0) is 18.7. The molecule has 0 spiro atoms. The Morgan fingerprint density at radius 1 is 1.31 bits per heavy atom. The zero-order valence-corrected chi connectivity index (χ0v) is 14.6. The molecule has 0 aliphatic heterocycles. The Hall–Kier alpha value is -3.07. The molecule has 2 aromatic heterocycles. The molecule has 1 aromatic carbocycles. The Morgan fingerprint density at radius 2 is 2.12 bits per heavy atom. The first kappa shape index (κ1) is 17.7. The summed E-state index contributed by atoms with van der Waals surface area (Å²) in [6.45, 7) is 1.61. The molecule has 0 unspecified atom stereocenters. The van der Waals surface area contributed by atoms with Gasteiger partial charge in [-0.3, -0.25) is 19.8 Å². The highest BCUT2D eigenvalue weighted by Crippen LogP contribution is 2.20. The van der Waals surface area contributed by atoms with Crippen LogP contribution in [0, 0.1) is 5.82 Å². The summed E-state index contributed by atoms with van der Waals surface area (Å²) in [5, 5.41) is 2.79. The van der Waals surface area contributed by atoms with Crippen molar-refractivity contribution in [2.75, 3.05) is 12.0 Å². The van der Waals surface area contributed by atoms with Gasteiger partial charge in [0.1, 0.15) is 17.0 Å². The number of benzene rings is 1. The van der Waals surface area contributed by atoms with E-state index in [9.17, 15) is 18.8 Å². The lowest BCUT2D eigenvalue weighted by atomic mass is 10.2. The van der Waals surface area contributed by atoms with Crippen molar-refractivity contribution in [3.63, 3.8) is 0 Å². The number of fused-ring (bicyclic) bond motifs is 1. The Balaban J connectivity index is 1.66. The van der Waals surface area contributed by atoms with E-state index in [1.165, 1.54) is 35.9 Å². The number of rotatable bonds is 5. The number of hydrogen-bond donors (Lipinski definition) is 2. The van der Waals surface area contributed by atoms with Crippen LogP contribution < -0.4 is 16.3 Å². The Morgan fingerprint density at radius 3 is 2.85 bits per heavy atom. The van der Waals surface area contributed by atoms with Gasteiger partial charge in [-0.1, -0.05) is 13.0 Å². The minimum absolute atomic E-state index is 0.100. The highest BCUT2D eigenvalue weighted by molar-refractivity contribution is 7.18. The van der Waals surface area contributed by atoms with E-state index >= 15 is 0 Å². The number of aromatic nitrogens is 2. The van der Waals surface area contributed by atoms with Crippen LogP contribution in [0.25, 0.3) is 10.2 Å². The first-order valence-electron chi connectivity index (χ1n) is 7.81. The maximum absolute atomic E-state index is 13.1. The second kappa shape index (κ2) is 7.44. The van der Waals surface area contributed by atoms with Crippen LogP contribution in [0.15, 0.2) is 41.5 Å². The molecule has 2 N–H and O–H groups in total. The second-order valence-corrected chi connectivity index (χ2v) is 6.55. The lowest BCUT2D eigenvalue weighted by Gasteiger charge is -2.08. The summed E-state index contributed by atoms with van der Waals surface area (Å²) >= 11 is 1.43. The average molecular weight is 374 g/mol.